The molecular formula is C27H29N5O2. The average Bonchev–Trinajstić information content (AvgIpc) is 3.29. The number of aromatic amines is 1. The van der Waals surface area contributed by atoms with Crippen LogP contribution < -0.4 is 10.1 Å². The summed E-state index contributed by atoms with van der Waals surface area (Å²) in [5.74, 6) is 2.34. The number of aromatic nitrogens is 2. The van der Waals surface area contributed by atoms with E-state index in [0.29, 0.717) is 23.8 Å². The fourth-order valence-corrected chi connectivity index (χ4v) is 4.31. The summed E-state index contributed by atoms with van der Waals surface area (Å²) in [6.45, 7) is 4.25. The highest BCUT2D eigenvalue weighted by atomic mass is 16.5. The van der Waals surface area contributed by atoms with E-state index < -0.39 is 0 Å². The summed E-state index contributed by atoms with van der Waals surface area (Å²) in [4.78, 5) is 9.97. The Balaban J connectivity index is 1.20. The van der Waals surface area contributed by atoms with Gasteiger partial charge in [0.1, 0.15) is 23.4 Å². The van der Waals surface area contributed by atoms with E-state index in [1.807, 2.05) is 55.5 Å². The van der Waals surface area contributed by atoms with E-state index in [-0.39, 0.29) is 11.9 Å². The lowest BCUT2D eigenvalue weighted by Crippen LogP contribution is -2.40. The minimum absolute atomic E-state index is 0.188. The molecule has 3 aromatic carbocycles. The van der Waals surface area contributed by atoms with Crippen molar-refractivity contribution in [3.63, 3.8) is 0 Å². The van der Waals surface area contributed by atoms with Gasteiger partial charge in [-0.2, -0.15) is 0 Å². The van der Waals surface area contributed by atoms with Crippen molar-refractivity contribution in [2.75, 3.05) is 18.4 Å². The van der Waals surface area contributed by atoms with E-state index in [2.05, 4.69) is 32.3 Å². The van der Waals surface area contributed by atoms with Crippen LogP contribution in [0.15, 0.2) is 66.7 Å². The molecule has 2 heterocycles. The SMILES string of the molecule is CC(=N)N1CCC(Oc2ccc(CNc3ccc(O)c(-c4nc5ccccc5[nH]4)c3)cc2)CC1. The molecule has 7 nitrogen and oxygen atoms in total. The number of amidine groups is 1. The van der Waals surface area contributed by atoms with Gasteiger partial charge < -0.3 is 25.0 Å². The Hall–Kier alpha value is -4.00. The molecule has 0 radical (unpaired) electrons. The first-order chi connectivity index (χ1) is 16.5. The lowest BCUT2D eigenvalue weighted by Gasteiger charge is -2.32. The second-order valence-corrected chi connectivity index (χ2v) is 8.72. The number of nitrogens with one attached hydrogen (secondary N) is 3. The molecule has 5 rings (SSSR count). The van der Waals surface area contributed by atoms with Crippen molar-refractivity contribution in [3.8, 4) is 22.9 Å². The Morgan fingerprint density at radius 1 is 1.12 bits per heavy atom. The third-order valence-corrected chi connectivity index (χ3v) is 6.28. The number of hydrogen-bond acceptors (Lipinski definition) is 5. The number of fused-ring (bicyclic) bond motifs is 1. The number of imidazole rings is 1. The number of phenolic OH excluding ortho intramolecular Hbond substituents is 1. The largest absolute Gasteiger partial charge is 0.507 e. The van der Waals surface area contributed by atoms with Crippen LogP contribution in [0.3, 0.4) is 0 Å². The first-order valence-corrected chi connectivity index (χ1v) is 11.6. The van der Waals surface area contributed by atoms with Crippen molar-refractivity contribution in [3.05, 3.63) is 72.3 Å². The van der Waals surface area contributed by atoms with Gasteiger partial charge in [0.2, 0.25) is 0 Å². The van der Waals surface area contributed by atoms with E-state index in [1.165, 1.54) is 0 Å². The maximum absolute atomic E-state index is 10.4. The second kappa shape index (κ2) is 9.47. The lowest BCUT2D eigenvalue weighted by molar-refractivity contribution is 0.130. The van der Waals surface area contributed by atoms with Gasteiger partial charge in [0, 0.05) is 38.2 Å². The molecule has 4 N–H and O–H groups in total. The molecule has 0 saturated carbocycles. The zero-order chi connectivity index (χ0) is 23.5. The van der Waals surface area contributed by atoms with Gasteiger partial charge in [-0.25, -0.2) is 4.98 Å². The van der Waals surface area contributed by atoms with E-state index in [1.54, 1.807) is 6.07 Å². The van der Waals surface area contributed by atoms with Crippen LogP contribution in [0.2, 0.25) is 0 Å². The molecule has 174 valence electrons. The van der Waals surface area contributed by atoms with Gasteiger partial charge in [-0.05, 0) is 55.0 Å². The molecule has 4 aromatic rings. The maximum atomic E-state index is 10.4. The summed E-state index contributed by atoms with van der Waals surface area (Å²) in [6.07, 6.45) is 2.08. The van der Waals surface area contributed by atoms with Crippen LogP contribution in [0.1, 0.15) is 25.3 Å². The minimum Gasteiger partial charge on any atom is -0.507 e. The smallest absolute Gasteiger partial charge is 0.142 e. The third-order valence-electron chi connectivity index (χ3n) is 6.28. The second-order valence-electron chi connectivity index (χ2n) is 8.72. The van der Waals surface area contributed by atoms with Gasteiger partial charge >= 0.3 is 0 Å². The van der Waals surface area contributed by atoms with Gasteiger partial charge in [-0.1, -0.05) is 24.3 Å². The number of nitrogens with zero attached hydrogens (tertiary/aromatic N) is 2. The molecule has 7 heteroatoms. The number of hydrogen-bond donors (Lipinski definition) is 4. The fourth-order valence-electron chi connectivity index (χ4n) is 4.31. The van der Waals surface area contributed by atoms with Crippen LogP contribution in [-0.4, -0.2) is 45.0 Å². The number of likely N-dealkylation sites (tertiary alicyclic amines) is 1. The van der Waals surface area contributed by atoms with Crippen LogP contribution in [0.4, 0.5) is 5.69 Å². The molecule has 0 aliphatic carbocycles. The van der Waals surface area contributed by atoms with E-state index in [9.17, 15) is 5.11 Å². The third kappa shape index (κ3) is 4.83. The number of phenols is 1. The summed E-state index contributed by atoms with van der Waals surface area (Å²) in [6, 6.07) is 21.5. The minimum atomic E-state index is 0.188. The summed E-state index contributed by atoms with van der Waals surface area (Å²) >= 11 is 0. The summed E-state index contributed by atoms with van der Waals surface area (Å²) in [7, 11) is 0. The highest BCUT2D eigenvalue weighted by molar-refractivity contribution is 5.81. The predicted octanol–water partition coefficient (Wildman–Crippen LogP) is 5.39. The molecule has 0 unspecified atom stereocenters. The predicted molar refractivity (Wildman–Crippen MR) is 136 cm³/mol. The first kappa shape index (κ1) is 21.8. The molecule has 1 fully saturated rings. The first-order valence-electron chi connectivity index (χ1n) is 11.6. The van der Waals surface area contributed by atoms with Crippen molar-refractivity contribution in [2.24, 2.45) is 0 Å². The van der Waals surface area contributed by atoms with E-state index in [4.69, 9.17) is 10.1 Å². The summed E-state index contributed by atoms with van der Waals surface area (Å²) < 4.78 is 6.15. The molecule has 1 saturated heterocycles. The summed E-state index contributed by atoms with van der Waals surface area (Å²) in [5, 5.41) is 21.6. The lowest BCUT2D eigenvalue weighted by atomic mass is 10.1. The molecule has 1 aliphatic rings. The number of aromatic hydroxyl groups is 1. The molecule has 0 atom stereocenters. The molecule has 1 aromatic heterocycles. The van der Waals surface area contributed by atoms with Gasteiger partial charge in [0.25, 0.3) is 0 Å². The number of ether oxygens (including phenoxy) is 1. The molecule has 1 aliphatic heterocycles. The molecule has 0 amide bonds. The number of para-hydroxylation sites is 2. The van der Waals surface area contributed by atoms with Crippen molar-refractivity contribution in [2.45, 2.75) is 32.4 Å². The van der Waals surface area contributed by atoms with Gasteiger partial charge in [-0.3, -0.25) is 5.41 Å². The highest BCUT2D eigenvalue weighted by Gasteiger charge is 2.20. The molecule has 34 heavy (non-hydrogen) atoms. The molecule has 0 bridgehead atoms. The van der Waals surface area contributed by atoms with Gasteiger partial charge in [0.05, 0.1) is 22.4 Å². The topological polar surface area (TPSA) is 97.3 Å². The Bertz CT molecular complexity index is 1260. The van der Waals surface area contributed by atoms with Crippen LogP contribution in [0, 0.1) is 5.41 Å². The fraction of sp³-hybridized carbons (Fsp3) is 0.259. The number of benzene rings is 3. The van der Waals surface area contributed by atoms with Crippen molar-refractivity contribution in [1.82, 2.24) is 14.9 Å². The molecular weight excluding hydrogens is 426 g/mol. The van der Waals surface area contributed by atoms with Crippen LogP contribution in [0.5, 0.6) is 11.5 Å². The van der Waals surface area contributed by atoms with Crippen molar-refractivity contribution < 1.29 is 9.84 Å². The Labute approximate surface area is 198 Å². The van der Waals surface area contributed by atoms with E-state index >= 15 is 0 Å². The normalized spacial score (nSPS) is 14.3. The number of rotatable bonds is 6. The Morgan fingerprint density at radius 3 is 2.62 bits per heavy atom. The summed E-state index contributed by atoms with van der Waals surface area (Å²) in [5.41, 5.74) is 4.51. The maximum Gasteiger partial charge on any atom is 0.142 e. The number of anilines is 1. The Morgan fingerprint density at radius 2 is 1.88 bits per heavy atom. The number of H-pyrrole nitrogens is 1. The molecule has 0 spiro atoms. The van der Waals surface area contributed by atoms with Gasteiger partial charge in [0.15, 0.2) is 0 Å². The number of piperidine rings is 1. The van der Waals surface area contributed by atoms with Gasteiger partial charge in [-0.15, -0.1) is 0 Å². The standard InChI is InChI=1S/C27H29N5O2/c1-18(28)32-14-12-22(13-15-32)34-21-9-6-19(7-10-21)17-29-20-8-11-26(33)23(16-20)27-30-24-4-2-3-5-25(24)31-27/h2-11,16,22,28-29,33H,12-15,17H2,1H3,(H,30,31). The van der Waals surface area contributed by atoms with Crippen LogP contribution in [-0.2, 0) is 6.54 Å². The van der Waals surface area contributed by atoms with Crippen LogP contribution >= 0.6 is 0 Å². The average molecular weight is 456 g/mol. The van der Waals surface area contributed by atoms with Crippen LogP contribution in [0.25, 0.3) is 22.4 Å². The quantitative estimate of drug-likeness (QED) is 0.178. The van der Waals surface area contributed by atoms with E-state index in [0.717, 1.165) is 54.0 Å². The zero-order valence-corrected chi connectivity index (χ0v) is 19.2. The Kier molecular flexibility index (Phi) is 6.08. The monoisotopic (exact) mass is 455 g/mol. The van der Waals surface area contributed by atoms with Crippen molar-refractivity contribution >= 4 is 22.6 Å². The highest BCUT2D eigenvalue weighted by Crippen LogP contribution is 2.31. The van der Waals surface area contributed by atoms with Crippen molar-refractivity contribution in [1.29, 1.82) is 5.41 Å². The zero-order valence-electron chi connectivity index (χ0n) is 19.2.